The molecule has 1 saturated heterocycles. The number of amides is 1. The molecule has 3 aromatic carbocycles. The molecule has 0 radical (unpaired) electrons. The number of anilines is 3. The van der Waals surface area contributed by atoms with Crippen molar-refractivity contribution in [3.8, 4) is 0 Å². The van der Waals surface area contributed by atoms with Crippen molar-refractivity contribution in [3.05, 3.63) is 90.7 Å². The summed E-state index contributed by atoms with van der Waals surface area (Å²) in [6, 6.07) is 26.3. The maximum Gasteiger partial charge on any atom is 0.245 e. The Morgan fingerprint density at radius 1 is 0.759 bits per heavy atom. The molecule has 0 bridgehead atoms. The SMILES string of the molecule is O=C(CN1CCN(c2ccccc2F)CC1)N(c1ccccc1)c1ccccc1. The predicted octanol–water partition coefficient (Wildman–Crippen LogP) is 4.31. The van der Waals surface area contributed by atoms with Gasteiger partial charge in [-0.15, -0.1) is 0 Å². The van der Waals surface area contributed by atoms with Crippen molar-refractivity contribution in [2.45, 2.75) is 0 Å². The lowest BCUT2D eigenvalue weighted by Gasteiger charge is -2.36. The van der Waals surface area contributed by atoms with Crippen LogP contribution in [-0.2, 0) is 4.79 Å². The summed E-state index contributed by atoms with van der Waals surface area (Å²) in [5.74, 6) is -0.168. The molecule has 148 valence electrons. The number of rotatable bonds is 5. The molecule has 1 aliphatic rings. The first-order valence-corrected chi connectivity index (χ1v) is 9.87. The standard InChI is InChI=1S/C24H24FN3O/c25-22-13-7-8-14-23(22)27-17-15-26(16-18-27)19-24(29)28(20-9-3-1-4-10-20)21-11-5-2-6-12-21/h1-14H,15-19H2. The summed E-state index contributed by atoms with van der Waals surface area (Å²) in [5, 5.41) is 0. The van der Waals surface area contributed by atoms with Gasteiger partial charge in [0.2, 0.25) is 5.91 Å². The van der Waals surface area contributed by atoms with E-state index in [1.807, 2.05) is 77.7 Å². The monoisotopic (exact) mass is 389 g/mol. The lowest BCUT2D eigenvalue weighted by Crippen LogP contribution is -2.49. The largest absolute Gasteiger partial charge is 0.367 e. The minimum Gasteiger partial charge on any atom is -0.367 e. The van der Waals surface area contributed by atoms with Gasteiger partial charge in [0, 0.05) is 37.6 Å². The molecule has 0 spiro atoms. The van der Waals surface area contributed by atoms with Crippen molar-refractivity contribution in [3.63, 3.8) is 0 Å². The Kier molecular flexibility index (Phi) is 5.86. The Balaban J connectivity index is 1.44. The van der Waals surface area contributed by atoms with Gasteiger partial charge >= 0.3 is 0 Å². The lowest BCUT2D eigenvalue weighted by molar-refractivity contribution is -0.119. The molecule has 5 heteroatoms. The van der Waals surface area contributed by atoms with E-state index in [1.165, 1.54) is 6.07 Å². The third-order valence-electron chi connectivity index (χ3n) is 5.20. The summed E-state index contributed by atoms with van der Waals surface area (Å²) >= 11 is 0. The minimum atomic E-state index is -0.198. The van der Waals surface area contributed by atoms with Crippen LogP contribution in [0.2, 0.25) is 0 Å². The van der Waals surface area contributed by atoms with E-state index in [9.17, 15) is 9.18 Å². The van der Waals surface area contributed by atoms with E-state index < -0.39 is 0 Å². The summed E-state index contributed by atoms with van der Waals surface area (Å²) < 4.78 is 14.0. The predicted molar refractivity (Wildman–Crippen MR) is 115 cm³/mol. The third kappa shape index (κ3) is 4.46. The van der Waals surface area contributed by atoms with Gasteiger partial charge in [-0.3, -0.25) is 14.6 Å². The van der Waals surface area contributed by atoms with Crippen LogP contribution < -0.4 is 9.80 Å². The van der Waals surface area contributed by atoms with Crippen molar-refractivity contribution in [1.29, 1.82) is 0 Å². The van der Waals surface area contributed by atoms with Gasteiger partial charge < -0.3 is 4.90 Å². The van der Waals surface area contributed by atoms with Crippen LogP contribution in [0.15, 0.2) is 84.9 Å². The van der Waals surface area contributed by atoms with Crippen LogP contribution >= 0.6 is 0 Å². The van der Waals surface area contributed by atoms with E-state index in [1.54, 1.807) is 11.0 Å². The average molecular weight is 389 g/mol. The first-order valence-electron chi connectivity index (χ1n) is 9.87. The highest BCUT2D eigenvalue weighted by Crippen LogP contribution is 2.26. The highest BCUT2D eigenvalue weighted by molar-refractivity contribution is 6.01. The van der Waals surface area contributed by atoms with Crippen LogP contribution in [0.1, 0.15) is 0 Å². The fourth-order valence-electron chi connectivity index (χ4n) is 3.71. The van der Waals surface area contributed by atoms with Crippen LogP contribution in [0.3, 0.4) is 0 Å². The molecule has 4 rings (SSSR count). The second-order valence-corrected chi connectivity index (χ2v) is 7.11. The van der Waals surface area contributed by atoms with Crippen molar-refractivity contribution in [2.24, 2.45) is 0 Å². The molecule has 1 fully saturated rings. The number of nitrogens with zero attached hydrogens (tertiary/aromatic N) is 3. The molecule has 29 heavy (non-hydrogen) atoms. The Bertz CT molecular complexity index is 901. The fourth-order valence-corrected chi connectivity index (χ4v) is 3.71. The van der Waals surface area contributed by atoms with Crippen molar-refractivity contribution in [2.75, 3.05) is 42.5 Å². The first-order chi connectivity index (χ1) is 14.2. The maximum atomic E-state index is 14.0. The molecule has 0 unspecified atom stereocenters. The summed E-state index contributed by atoms with van der Waals surface area (Å²) in [6.07, 6.45) is 0. The Labute approximate surface area is 170 Å². The van der Waals surface area contributed by atoms with Crippen LogP contribution in [0, 0.1) is 5.82 Å². The Hall–Kier alpha value is -3.18. The number of piperazine rings is 1. The molecule has 0 N–H and O–H groups in total. The molecule has 0 aliphatic carbocycles. The van der Waals surface area contributed by atoms with Gasteiger partial charge in [-0.1, -0.05) is 48.5 Å². The highest BCUT2D eigenvalue weighted by Gasteiger charge is 2.24. The smallest absolute Gasteiger partial charge is 0.245 e. The van der Waals surface area contributed by atoms with E-state index in [4.69, 9.17) is 0 Å². The van der Waals surface area contributed by atoms with E-state index in [0.29, 0.717) is 25.3 Å². The van der Waals surface area contributed by atoms with Crippen LogP contribution in [0.5, 0.6) is 0 Å². The summed E-state index contributed by atoms with van der Waals surface area (Å²) in [5.41, 5.74) is 2.34. The van der Waals surface area contributed by atoms with Crippen molar-refractivity contribution < 1.29 is 9.18 Å². The number of hydrogen-bond acceptors (Lipinski definition) is 3. The molecule has 1 amide bonds. The average Bonchev–Trinajstić information content (AvgIpc) is 2.76. The number of para-hydroxylation sites is 3. The van der Waals surface area contributed by atoms with E-state index in [0.717, 1.165) is 24.5 Å². The maximum absolute atomic E-state index is 14.0. The van der Waals surface area contributed by atoms with Crippen molar-refractivity contribution >= 4 is 23.0 Å². The first kappa shape index (κ1) is 19.2. The molecule has 1 heterocycles. The zero-order chi connectivity index (χ0) is 20.1. The van der Waals surface area contributed by atoms with Crippen molar-refractivity contribution in [1.82, 2.24) is 4.90 Å². The number of carbonyl (C=O) groups excluding carboxylic acids is 1. The van der Waals surface area contributed by atoms with Gasteiger partial charge in [0.25, 0.3) is 0 Å². The normalized spacial score (nSPS) is 14.6. The molecule has 3 aromatic rings. The van der Waals surface area contributed by atoms with E-state index >= 15 is 0 Å². The van der Waals surface area contributed by atoms with Crippen LogP contribution in [0.4, 0.5) is 21.5 Å². The number of halogens is 1. The minimum absolute atomic E-state index is 0.0294. The summed E-state index contributed by atoms with van der Waals surface area (Å²) in [6.45, 7) is 3.17. The quantitative estimate of drug-likeness (QED) is 0.651. The summed E-state index contributed by atoms with van der Waals surface area (Å²) in [7, 11) is 0. The Morgan fingerprint density at radius 3 is 1.83 bits per heavy atom. The van der Waals surface area contributed by atoms with Gasteiger partial charge in [0.05, 0.1) is 12.2 Å². The molecule has 0 saturated carbocycles. The molecule has 0 aromatic heterocycles. The number of carbonyl (C=O) groups is 1. The zero-order valence-electron chi connectivity index (χ0n) is 16.2. The van der Waals surface area contributed by atoms with E-state index in [2.05, 4.69) is 4.90 Å². The van der Waals surface area contributed by atoms with E-state index in [-0.39, 0.29) is 11.7 Å². The van der Waals surface area contributed by atoms with Gasteiger partial charge in [0.1, 0.15) is 5.82 Å². The lowest BCUT2D eigenvalue weighted by atomic mass is 10.2. The topological polar surface area (TPSA) is 26.8 Å². The van der Waals surface area contributed by atoms with Gasteiger partial charge in [-0.25, -0.2) is 4.39 Å². The molecule has 1 aliphatic heterocycles. The molecular formula is C24H24FN3O. The number of benzene rings is 3. The fraction of sp³-hybridized carbons (Fsp3) is 0.208. The van der Waals surface area contributed by atoms with Gasteiger partial charge in [-0.2, -0.15) is 0 Å². The number of hydrogen-bond donors (Lipinski definition) is 0. The zero-order valence-corrected chi connectivity index (χ0v) is 16.2. The molecule has 0 atom stereocenters. The highest BCUT2D eigenvalue weighted by atomic mass is 19.1. The summed E-state index contributed by atoms with van der Waals surface area (Å²) in [4.78, 5) is 19.2. The third-order valence-corrected chi connectivity index (χ3v) is 5.20. The Morgan fingerprint density at radius 2 is 1.28 bits per heavy atom. The molecular weight excluding hydrogens is 365 g/mol. The van der Waals surface area contributed by atoms with Gasteiger partial charge in [0.15, 0.2) is 0 Å². The molecule has 4 nitrogen and oxygen atoms in total. The second-order valence-electron chi connectivity index (χ2n) is 7.11. The van der Waals surface area contributed by atoms with Crippen LogP contribution in [-0.4, -0.2) is 43.5 Å². The second kappa shape index (κ2) is 8.88. The van der Waals surface area contributed by atoms with Crippen LogP contribution in [0.25, 0.3) is 0 Å². The van der Waals surface area contributed by atoms with Gasteiger partial charge in [-0.05, 0) is 36.4 Å².